The van der Waals surface area contributed by atoms with Gasteiger partial charge in [-0.25, -0.2) is 14.5 Å². The van der Waals surface area contributed by atoms with Gasteiger partial charge in [-0.05, 0) is 29.7 Å². The molecule has 0 saturated heterocycles. The second-order valence-electron chi connectivity index (χ2n) is 8.47. The molecule has 150 valence electrons. The standard InChI is InChI=1S/C22H18N4O4/c1-22(2)9-12(27)16-15(10-22)30-21-18(17(16)13-5-3-7-28-13)20-24-19(14-6-4-8-29-14)25-26(20)11-23-21/h3-8,11,17H,9-10H2,1-2H3/t17-/m0/s1. The van der Waals surface area contributed by atoms with Crippen LogP contribution in [0.15, 0.2) is 63.3 Å². The average molecular weight is 402 g/mol. The van der Waals surface area contributed by atoms with E-state index in [4.69, 9.17) is 13.6 Å². The molecule has 0 radical (unpaired) electrons. The highest BCUT2D eigenvalue weighted by atomic mass is 16.5. The van der Waals surface area contributed by atoms with E-state index in [1.807, 2.05) is 12.1 Å². The van der Waals surface area contributed by atoms with E-state index in [-0.39, 0.29) is 11.2 Å². The number of allylic oxidation sites excluding steroid dienone is 2. The summed E-state index contributed by atoms with van der Waals surface area (Å²) in [7, 11) is 0. The van der Waals surface area contributed by atoms with Crippen LogP contribution in [-0.4, -0.2) is 25.4 Å². The molecule has 0 fully saturated rings. The maximum atomic E-state index is 13.2. The second kappa shape index (κ2) is 5.91. The van der Waals surface area contributed by atoms with Gasteiger partial charge < -0.3 is 13.6 Å². The van der Waals surface area contributed by atoms with Crippen LogP contribution in [-0.2, 0) is 4.79 Å². The van der Waals surface area contributed by atoms with Gasteiger partial charge in [0.25, 0.3) is 0 Å². The largest absolute Gasteiger partial charge is 0.468 e. The second-order valence-corrected chi connectivity index (χ2v) is 8.47. The number of nitrogens with zero attached hydrogens (tertiary/aromatic N) is 4. The highest BCUT2D eigenvalue weighted by molar-refractivity contribution is 6.00. The first-order valence-electron chi connectivity index (χ1n) is 9.77. The molecule has 2 aliphatic rings. The Morgan fingerprint density at radius 3 is 2.73 bits per heavy atom. The van der Waals surface area contributed by atoms with Crippen molar-refractivity contribution in [3.05, 3.63) is 65.8 Å². The molecule has 1 aliphatic heterocycles. The number of hydrogen-bond acceptors (Lipinski definition) is 7. The van der Waals surface area contributed by atoms with Gasteiger partial charge in [0.05, 0.1) is 24.0 Å². The van der Waals surface area contributed by atoms with Crippen LogP contribution < -0.4 is 4.74 Å². The fourth-order valence-corrected chi connectivity index (χ4v) is 4.40. The van der Waals surface area contributed by atoms with Crippen molar-refractivity contribution >= 4 is 11.4 Å². The minimum atomic E-state index is -0.452. The number of rotatable bonds is 2. The third-order valence-corrected chi connectivity index (χ3v) is 5.63. The molecule has 5 heterocycles. The van der Waals surface area contributed by atoms with Crippen molar-refractivity contribution in [2.24, 2.45) is 5.41 Å². The summed E-state index contributed by atoms with van der Waals surface area (Å²) < 4.78 is 19.0. The van der Waals surface area contributed by atoms with Gasteiger partial charge in [-0.1, -0.05) is 13.8 Å². The number of carbonyl (C=O) groups excluding carboxylic acids is 1. The lowest BCUT2D eigenvalue weighted by Gasteiger charge is -2.36. The molecule has 6 rings (SSSR count). The van der Waals surface area contributed by atoms with E-state index in [0.717, 1.165) is 0 Å². The smallest absolute Gasteiger partial charge is 0.228 e. The average Bonchev–Trinajstić information content (AvgIpc) is 3.46. The fourth-order valence-electron chi connectivity index (χ4n) is 4.40. The van der Waals surface area contributed by atoms with Crippen LogP contribution in [0, 0.1) is 5.41 Å². The molecule has 4 aromatic heterocycles. The number of furan rings is 2. The summed E-state index contributed by atoms with van der Waals surface area (Å²) >= 11 is 0. The zero-order valence-electron chi connectivity index (χ0n) is 16.5. The predicted octanol–water partition coefficient (Wildman–Crippen LogP) is 4.14. The van der Waals surface area contributed by atoms with Gasteiger partial charge >= 0.3 is 0 Å². The van der Waals surface area contributed by atoms with Crippen molar-refractivity contribution in [3.8, 4) is 17.5 Å². The molecular weight excluding hydrogens is 384 g/mol. The quantitative estimate of drug-likeness (QED) is 0.497. The Labute approximate surface area is 171 Å². The van der Waals surface area contributed by atoms with E-state index in [1.165, 1.54) is 0 Å². The minimum absolute atomic E-state index is 0.0566. The van der Waals surface area contributed by atoms with E-state index in [9.17, 15) is 4.79 Å². The van der Waals surface area contributed by atoms with Crippen LogP contribution >= 0.6 is 0 Å². The first kappa shape index (κ1) is 17.2. The van der Waals surface area contributed by atoms with E-state index < -0.39 is 5.92 Å². The number of carbonyl (C=O) groups is 1. The van der Waals surface area contributed by atoms with Gasteiger partial charge in [0, 0.05) is 18.4 Å². The zero-order chi connectivity index (χ0) is 20.5. The summed E-state index contributed by atoms with van der Waals surface area (Å²) in [5.41, 5.74) is 1.67. The Kier molecular flexibility index (Phi) is 3.39. The van der Waals surface area contributed by atoms with Crippen molar-refractivity contribution in [1.29, 1.82) is 0 Å². The molecule has 8 nitrogen and oxygen atoms in total. The molecule has 0 aromatic carbocycles. The molecule has 0 spiro atoms. The summed E-state index contributed by atoms with van der Waals surface area (Å²) in [6.45, 7) is 4.14. The lowest BCUT2D eigenvalue weighted by atomic mass is 9.71. The van der Waals surface area contributed by atoms with Gasteiger partial charge in [0.1, 0.15) is 17.8 Å². The molecular formula is C22H18N4O4. The third-order valence-electron chi connectivity index (χ3n) is 5.63. The topological polar surface area (TPSA) is 95.7 Å². The molecule has 1 aliphatic carbocycles. The van der Waals surface area contributed by atoms with Crippen molar-refractivity contribution in [2.45, 2.75) is 32.6 Å². The van der Waals surface area contributed by atoms with Gasteiger partial charge in [0.15, 0.2) is 17.2 Å². The maximum Gasteiger partial charge on any atom is 0.228 e. The summed E-state index contributed by atoms with van der Waals surface area (Å²) in [4.78, 5) is 22.4. The first-order chi connectivity index (χ1) is 14.5. The maximum absolute atomic E-state index is 13.2. The van der Waals surface area contributed by atoms with Gasteiger partial charge in [0.2, 0.25) is 11.7 Å². The number of ketones is 1. The normalized spacial score (nSPS) is 20.2. The highest BCUT2D eigenvalue weighted by Gasteiger charge is 2.45. The van der Waals surface area contributed by atoms with E-state index in [2.05, 4.69) is 28.9 Å². The molecule has 0 amide bonds. The molecule has 30 heavy (non-hydrogen) atoms. The number of hydrogen-bond donors (Lipinski definition) is 0. The summed E-state index contributed by atoms with van der Waals surface area (Å²) in [5, 5.41) is 4.49. The number of fused-ring (bicyclic) bond motifs is 3. The number of aromatic nitrogens is 4. The molecule has 0 N–H and O–H groups in total. The summed E-state index contributed by atoms with van der Waals surface area (Å²) in [6.07, 6.45) is 5.84. The SMILES string of the molecule is CC1(C)CC(=O)C2=C(C1)Oc1ncn3nc(-c4ccco4)nc3c1[C@H]2c1ccco1. The lowest BCUT2D eigenvalue weighted by molar-refractivity contribution is -0.118. The molecule has 0 bridgehead atoms. The van der Waals surface area contributed by atoms with Crippen LogP contribution in [0.25, 0.3) is 17.2 Å². The Hall–Kier alpha value is -3.68. The number of Topliss-reactive ketones (excluding diaryl/α,β-unsaturated/α-hetero) is 1. The third kappa shape index (κ3) is 2.46. The van der Waals surface area contributed by atoms with E-state index in [0.29, 0.717) is 58.6 Å². The van der Waals surface area contributed by atoms with Crippen LogP contribution in [0.2, 0.25) is 0 Å². The van der Waals surface area contributed by atoms with E-state index in [1.54, 1.807) is 35.5 Å². The van der Waals surface area contributed by atoms with Crippen molar-refractivity contribution < 1.29 is 18.4 Å². The van der Waals surface area contributed by atoms with Gasteiger partial charge in [-0.2, -0.15) is 0 Å². The Morgan fingerprint density at radius 1 is 1.13 bits per heavy atom. The molecule has 1 atom stereocenters. The zero-order valence-corrected chi connectivity index (χ0v) is 16.5. The summed E-state index contributed by atoms with van der Waals surface area (Å²) in [6, 6.07) is 7.25. The first-order valence-corrected chi connectivity index (χ1v) is 9.77. The molecule has 4 aromatic rings. The number of ether oxygens (including phenoxy) is 1. The Bertz CT molecular complexity index is 1310. The van der Waals surface area contributed by atoms with Crippen LogP contribution in [0.5, 0.6) is 5.88 Å². The molecule has 8 heteroatoms. The monoisotopic (exact) mass is 402 g/mol. The van der Waals surface area contributed by atoms with Gasteiger partial charge in [-0.15, -0.1) is 5.10 Å². The highest BCUT2D eigenvalue weighted by Crippen LogP contribution is 2.50. The molecule has 0 saturated carbocycles. The van der Waals surface area contributed by atoms with Crippen molar-refractivity contribution in [3.63, 3.8) is 0 Å². The lowest BCUT2D eigenvalue weighted by Crippen LogP contribution is -2.33. The van der Waals surface area contributed by atoms with Crippen LogP contribution in [0.3, 0.4) is 0 Å². The Morgan fingerprint density at radius 2 is 1.97 bits per heavy atom. The predicted molar refractivity (Wildman–Crippen MR) is 105 cm³/mol. The van der Waals surface area contributed by atoms with Gasteiger partial charge in [-0.3, -0.25) is 4.79 Å². The van der Waals surface area contributed by atoms with Crippen molar-refractivity contribution in [2.75, 3.05) is 0 Å². The minimum Gasteiger partial charge on any atom is -0.468 e. The van der Waals surface area contributed by atoms with Crippen LogP contribution in [0.1, 0.15) is 43.9 Å². The van der Waals surface area contributed by atoms with E-state index >= 15 is 0 Å². The molecule has 0 unspecified atom stereocenters. The van der Waals surface area contributed by atoms with Crippen molar-refractivity contribution in [1.82, 2.24) is 19.6 Å². The summed E-state index contributed by atoms with van der Waals surface area (Å²) in [5.74, 6) is 2.32. The van der Waals surface area contributed by atoms with Crippen LogP contribution in [0.4, 0.5) is 0 Å². The fraction of sp³-hybridized carbons (Fsp3) is 0.273. The Balaban J connectivity index is 1.61.